The summed E-state index contributed by atoms with van der Waals surface area (Å²) in [4.78, 5) is 29.3. The van der Waals surface area contributed by atoms with Gasteiger partial charge in [-0.25, -0.2) is 14.5 Å². The van der Waals surface area contributed by atoms with Crippen LogP contribution in [0.25, 0.3) is 17.1 Å². The molecule has 32 heavy (non-hydrogen) atoms. The van der Waals surface area contributed by atoms with Crippen LogP contribution in [0.1, 0.15) is 26.5 Å². The summed E-state index contributed by atoms with van der Waals surface area (Å²) in [5, 5.41) is 5.43. The van der Waals surface area contributed by atoms with E-state index in [1.54, 1.807) is 53.2 Å². The number of Topliss-reactive ketones (excluding diaryl/α,β-unsaturated/α-hetero) is 1. The molecule has 0 aliphatic carbocycles. The van der Waals surface area contributed by atoms with Gasteiger partial charge in [-0.2, -0.15) is 0 Å². The highest BCUT2D eigenvalue weighted by Gasteiger charge is 2.21. The first-order valence-electron chi connectivity index (χ1n) is 9.66. The van der Waals surface area contributed by atoms with Crippen LogP contribution in [0.2, 0.25) is 10.0 Å². The maximum absolute atomic E-state index is 12.6. The fourth-order valence-electron chi connectivity index (χ4n) is 2.97. The maximum Gasteiger partial charge on any atom is 0.378 e. The number of esters is 1. The Labute approximate surface area is 194 Å². The van der Waals surface area contributed by atoms with Crippen LogP contribution < -0.4 is 0 Å². The van der Waals surface area contributed by atoms with Gasteiger partial charge >= 0.3 is 5.97 Å². The number of nitrogens with zero attached hydrogens (tertiary/aromatic N) is 3. The normalized spacial score (nSPS) is 10.7. The molecular weight excluding hydrogens is 449 g/mol. The van der Waals surface area contributed by atoms with Gasteiger partial charge in [-0.15, -0.1) is 5.10 Å². The van der Waals surface area contributed by atoms with Crippen molar-refractivity contribution in [2.24, 2.45) is 0 Å². The first-order valence-corrected chi connectivity index (χ1v) is 10.4. The fourth-order valence-corrected chi connectivity index (χ4v) is 3.22. The summed E-state index contributed by atoms with van der Waals surface area (Å²) in [5.74, 6) is -0.861. The average molecular weight is 466 g/mol. The molecule has 6 nitrogen and oxygen atoms in total. The number of hydrogen-bond acceptors (Lipinski definition) is 5. The fraction of sp³-hybridized carbons (Fsp3) is 0.0833. The van der Waals surface area contributed by atoms with E-state index in [0.717, 1.165) is 16.8 Å². The Kier molecular flexibility index (Phi) is 6.35. The van der Waals surface area contributed by atoms with E-state index in [2.05, 4.69) is 10.1 Å². The summed E-state index contributed by atoms with van der Waals surface area (Å²) >= 11 is 11.8. The minimum Gasteiger partial charge on any atom is -0.451 e. The highest BCUT2D eigenvalue weighted by Crippen LogP contribution is 2.23. The molecule has 1 aromatic heterocycles. The second kappa shape index (κ2) is 9.34. The van der Waals surface area contributed by atoms with Crippen LogP contribution in [0.15, 0.2) is 72.8 Å². The summed E-state index contributed by atoms with van der Waals surface area (Å²) in [5.41, 5.74) is 2.92. The standard InChI is InChI=1S/C24H17Cl2N3O3/c1-15-2-12-20(13-3-15)29-23(17-6-10-19(26)11-7-17)27-22(28-29)24(31)32-14-21(30)16-4-8-18(25)9-5-16/h2-13H,14H2,1H3. The van der Waals surface area contributed by atoms with E-state index in [9.17, 15) is 9.59 Å². The smallest absolute Gasteiger partial charge is 0.378 e. The van der Waals surface area contributed by atoms with Crippen molar-refractivity contribution in [3.63, 3.8) is 0 Å². The molecular formula is C24H17Cl2N3O3. The van der Waals surface area contributed by atoms with Gasteiger partial charge in [0.15, 0.2) is 18.2 Å². The maximum atomic E-state index is 12.6. The third kappa shape index (κ3) is 4.88. The molecule has 0 radical (unpaired) electrons. The number of ketones is 1. The number of carbonyl (C=O) groups excluding carboxylic acids is 2. The Morgan fingerprint density at radius 2 is 1.47 bits per heavy atom. The number of benzene rings is 3. The van der Waals surface area contributed by atoms with E-state index in [1.165, 1.54) is 0 Å². The summed E-state index contributed by atoms with van der Waals surface area (Å²) in [7, 11) is 0. The molecule has 4 aromatic rings. The molecule has 0 atom stereocenters. The van der Waals surface area contributed by atoms with E-state index < -0.39 is 12.6 Å². The van der Waals surface area contributed by atoms with E-state index in [-0.39, 0.29) is 11.6 Å². The van der Waals surface area contributed by atoms with Gasteiger partial charge in [0.25, 0.3) is 5.82 Å². The van der Waals surface area contributed by atoms with Crippen LogP contribution in [-0.4, -0.2) is 33.1 Å². The number of aromatic nitrogens is 3. The molecule has 0 fully saturated rings. The lowest BCUT2D eigenvalue weighted by Crippen LogP contribution is -2.15. The lowest BCUT2D eigenvalue weighted by molar-refractivity contribution is 0.0462. The molecule has 4 rings (SSSR count). The van der Waals surface area contributed by atoms with Crippen molar-refractivity contribution in [2.45, 2.75) is 6.92 Å². The largest absolute Gasteiger partial charge is 0.451 e. The van der Waals surface area contributed by atoms with Gasteiger partial charge in [-0.05, 0) is 67.6 Å². The van der Waals surface area contributed by atoms with Gasteiger partial charge in [-0.1, -0.05) is 40.9 Å². The van der Waals surface area contributed by atoms with Crippen LogP contribution in [-0.2, 0) is 4.74 Å². The number of carbonyl (C=O) groups is 2. The molecule has 0 saturated heterocycles. The van der Waals surface area contributed by atoms with Gasteiger partial charge in [0.1, 0.15) is 0 Å². The summed E-state index contributed by atoms with van der Waals surface area (Å²) < 4.78 is 6.73. The summed E-state index contributed by atoms with van der Waals surface area (Å²) in [6.45, 7) is 1.54. The minimum absolute atomic E-state index is 0.153. The Morgan fingerprint density at radius 3 is 2.09 bits per heavy atom. The molecule has 160 valence electrons. The number of rotatable bonds is 6. The van der Waals surface area contributed by atoms with E-state index in [0.29, 0.717) is 21.4 Å². The summed E-state index contributed by atoms with van der Waals surface area (Å²) in [6.07, 6.45) is 0. The zero-order chi connectivity index (χ0) is 22.7. The predicted octanol–water partition coefficient (Wildman–Crippen LogP) is 5.59. The molecule has 1 heterocycles. The zero-order valence-corrected chi connectivity index (χ0v) is 18.5. The van der Waals surface area contributed by atoms with Crippen molar-refractivity contribution in [3.8, 4) is 17.1 Å². The Bertz CT molecular complexity index is 1200. The Balaban J connectivity index is 1.60. The highest BCUT2D eigenvalue weighted by molar-refractivity contribution is 6.31. The predicted molar refractivity (Wildman–Crippen MR) is 123 cm³/mol. The highest BCUT2D eigenvalue weighted by atomic mass is 35.5. The van der Waals surface area contributed by atoms with Crippen LogP contribution in [0, 0.1) is 6.92 Å². The lowest BCUT2D eigenvalue weighted by atomic mass is 10.1. The second-order valence-electron chi connectivity index (χ2n) is 7.02. The SMILES string of the molecule is Cc1ccc(-n2nc(C(=O)OCC(=O)c3ccc(Cl)cc3)nc2-c2ccc(Cl)cc2)cc1. The third-order valence-corrected chi connectivity index (χ3v) is 5.18. The van der Waals surface area contributed by atoms with Crippen LogP contribution >= 0.6 is 23.2 Å². The van der Waals surface area contributed by atoms with Crippen LogP contribution in [0.3, 0.4) is 0 Å². The van der Waals surface area contributed by atoms with E-state index in [1.807, 2.05) is 31.2 Å². The number of halogens is 2. The van der Waals surface area contributed by atoms with Gasteiger partial charge in [0.05, 0.1) is 5.69 Å². The van der Waals surface area contributed by atoms with E-state index in [4.69, 9.17) is 27.9 Å². The van der Waals surface area contributed by atoms with Crippen molar-refractivity contribution < 1.29 is 14.3 Å². The van der Waals surface area contributed by atoms with E-state index >= 15 is 0 Å². The third-order valence-electron chi connectivity index (χ3n) is 4.67. The second-order valence-corrected chi connectivity index (χ2v) is 7.89. The van der Waals surface area contributed by atoms with Crippen LogP contribution in [0.4, 0.5) is 0 Å². The molecule has 0 amide bonds. The van der Waals surface area contributed by atoms with Crippen molar-refractivity contribution in [3.05, 3.63) is 99.8 Å². The molecule has 0 aliphatic heterocycles. The van der Waals surface area contributed by atoms with Crippen molar-refractivity contribution >= 4 is 35.0 Å². The number of hydrogen-bond donors (Lipinski definition) is 0. The average Bonchev–Trinajstić information content (AvgIpc) is 3.24. The van der Waals surface area contributed by atoms with Gasteiger partial charge in [0.2, 0.25) is 0 Å². The molecule has 0 unspecified atom stereocenters. The van der Waals surface area contributed by atoms with Gasteiger partial charge in [-0.3, -0.25) is 4.79 Å². The molecule has 8 heteroatoms. The van der Waals surface area contributed by atoms with Crippen molar-refractivity contribution in [1.29, 1.82) is 0 Å². The number of ether oxygens (including phenoxy) is 1. The molecule has 0 N–H and O–H groups in total. The molecule has 0 saturated carbocycles. The summed E-state index contributed by atoms with van der Waals surface area (Å²) in [6, 6.07) is 21.0. The number of aryl methyl sites for hydroxylation is 1. The first kappa shape index (κ1) is 21.7. The lowest BCUT2D eigenvalue weighted by Gasteiger charge is -2.06. The molecule has 0 spiro atoms. The van der Waals surface area contributed by atoms with Crippen LogP contribution in [0.5, 0.6) is 0 Å². The van der Waals surface area contributed by atoms with Gasteiger partial charge < -0.3 is 4.74 Å². The minimum atomic E-state index is -0.798. The zero-order valence-electron chi connectivity index (χ0n) is 17.0. The Morgan fingerprint density at radius 1 is 0.875 bits per heavy atom. The monoisotopic (exact) mass is 465 g/mol. The molecule has 0 bridgehead atoms. The van der Waals surface area contributed by atoms with Crippen molar-refractivity contribution in [1.82, 2.24) is 14.8 Å². The quantitative estimate of drug-likeness (QED) is 0.274. The van der Waals surface area contributed by atoms with Crippen molar-refractivity contribution in [2.75, 3.05) is 6.61 Å². The molecule has 3 aromatic carbocycles. The van der Waals surface area contributed by atoms with Gasteiger partial charge in [0, 0.05) is 21.2 Å². The first-order chi connectivity index (χ1) is 15.4. The Hall–Kier alpha value is -3.48. The molecule has 0 aliphatic rings. The topological polar surface area (TPSA) is 74.1 Å².